The van der Waals surface area contributed by atoms with Gasteiger partial charge in [-0.15, -0.1) is 0 Å². The lowest BCUT2D eigenvalue weighted by molar-refractivity contribution is -0.154. The Labute approximate surface area is 98.7 Å². The van der Waals surface area contributed by atoms with Crippen molar-refractivity contribution in [2.45, 2.75) is 65.0 Å². The Balaban J connectivity index is 2.38. The molecule has 1 aliphatic rings. The van der Waals surface area contributed by atoms with Gasteiger partial charge in [-0.1, -0.05) is 33.6 Å². The Kier molecular flexibility index (Phi) is 5.26. The fraction of sp³-hybridized carbons (Fsp3) is 0.923. The van der Waals surface area contributed by atoms with E-state index in [1.54, 1.807) is 0 Å². The minimum absolute atomic E-state index is 0.103. The third kappa shape index (κ3) is 3.78. The van der Waals surface area contributed by atoms with Gasteiger partial charge in [-0.25, -0.2) is 0 Å². The van der Waals surface area contributed by atoms with Crippen LogP contribution in [0.15, 0.2) is 0 Å². The van der Waals surface area contributed by atoms with E-state index in [2.05, 4.69) is 6.92 Å². The van der Waals surface area contributed by atoms with Gasteiger partial charge >= 0.3 is 5.97 Å². The van der Waals surface area contributed by atoms with Crippen molar-refractivity contribution >= 4 is 5.97 Å². The first kappa shape index (κ1) is 13.5. The van der Waals surface area contributed by atoms with Crippen LogP contribution in [-0.2, 0) is 9.53 Å². The van der Waals surface area contributed by atoms with Crippen LogP contribution in [-0.4, -0.2) is 18.1 Å². The summed E-state index contributed by atoms with van der Waals surface area (Å²) in [7, 11) is 0. The van der Waals surface area contributed by atoms with E-state index in [0.29, 0.717) is 5.92 Å². The maximum atomic E-state index is 11.8. The number of carbonyl (C=O) groups excluding carboxylic acids is 1. The molecule has 3 heteroatoms. The van der Waals surface area contributed by atoms with Gasteiger partial charge in [0.15, 0.2) is 0 Å². The quantitative estimate of drug-likeness (QED) is 0.751. The van der Waals surface area contributed by atoms with Crippen LogP contribution in [0.2, 0.25) is 0 Å². The first-order valence-electron chi connectivity index (χ1n) is 6.50. The Bertz CT molecular complexity index is 230. The second-order valence-electron chi connectivity index (χ2n) is 5.24. The second-order valence-corrected chi connectivity index (χ2v) is 5.24. The molecule has 2 unspecified atom stereocenters. The maximum absolute atomic E-state index is 11.8. The fourth-order valence-electron chi connectivity index (χ4n) is 2.21. The summed E-state index contributed by atoms with van der Waals surface area (Å²) in [5.74, 6) is 0.660. The summed E-state index contributed by atoms with van der Waals surface area (Å²) >= 11 is 0. The van der Waals surface area contributed by atoms with E-state index in [4.69, 9.17) is 10.5 Å². The van der Waals surface area contributed by atoms with Gasteiger partial charge in [-0.05, 0) is 31.1 Å². The third-order valence-corrected chi connectivity index (χ3v) is 3.70. The lowest BCUT2D eigenvalue weighted by atomic mass is 9.88. The van der Waals surface area contributed by atoms with E-state index in [1.165, 1.54) is 6.42 Å². The standard InChI is InChI=1S/C13H25NO2/c1-4-10(3)12(14)13(15)16-11-7-5-6-9(2)8-11/h9-12H,4-8,14H2,1-3H3/t9?,10-,11?,12-/m0/s1. The van der Waals surface area contributed by atoms with E-state index in [0.717, 1.165) is 25.7 Å². The number of carbonyl (C=O) groups is 1. The zero-order valence-corrected chi connectivity index (χ0v) is 10.7. The van der Waals surface area contributed by atoms with Crippen LogP contribution in [0, 0.1) is 11.8 Å². The Morgan fingerprint density at radius 1 is 1.50 bits per heavy atom. The van der Waals surface area contributed by atoms with E-state index in [9.17, 15) is 4.79 Å². The van der Waals surface area contributed by atoms with Gasteiger partial charge in [0.2, 0.25) is 0 Å². The summed E-state index contributed by atoms with van der Waals surface area (Å²) in [6.07, 6.45) is 5.44. The average molecular weight is 227 g/mol. The zero-order chi connectivity index (χ0) is 12.1. The van der Waals surface area contributed by atoms with E-state index >= 15 is 0 Å². The van der Waals surface area contributed by atoms with Crippen LogP contribution in [0.4, 0.5) is 0 Å². The number of rotatable bonds is 4. The van der Waals surface area contributed by atoms with Crippen molar-refractivity contribution in [3.8, 4) is 0 Å². The predicted octanol–water partition coefficient (Wildman–Crippen LogP) is 2.48. The van der Waals surface area contributed by atoms with Crippen molar-refractivity contribution in [2.24, 2.45) is 17.6 Å². The summed E-state index contributed by atoms with van der Waals surface area (Å²) in [5.41, 5.74) is 5.85. The highest BCUT2D eigenvalue weighted by atomic mass is 16.5. The molecule has 1 aliphatic carbocycles. The monoisotopic (exact) mass is 227 g/mol. The minimum atomic E-state index is -0.456. The van der Waals surface area contributed by atoms with E-state index in [-0.39, 0.29) is 18.0 Å². The molecule has 0 bridgehead atoms. The summed E-state index contributed by atoms with van der Waals surface area (Å²) in [6.45, 7) is 6.25. The molecule has 0 heterocycles. The zero-order valence-electron chi connectivity index (χ0n) is 10.7. The van der Waals surface area contributed by atoms with Gasteiger partial charge in [0.05, 0.1) is 0 Å². The molecular weight excluding hydrogens is 202 g/mol. The molecule has 0 spiro atoms. The number of hydrogen-bond donors (Lipinski definition) is 1. The van der Waals surface area contributed by atoms with Crippen molar-refractivity contribution in [1.82, 2.24) is 0 Å². The molecule has 0 saturated heterocycles. The van der Waals surface area contributed by atoms with Crippen LogP contribution in [0.3, 0.4) is 0 Å². The Morgan fingerprint density at radius 2 is 2.19 bits per heavy atom. The third-order valence-electron chi connectivity index (χ3n) is 3.70. The van der Waals surface area contributed by atoms with Gasteiger partial charge in [0.1, 0.15) is 12.1 Å². The lowest BCUT2D eigenvalue weighted by Crippen LogP contribution is -2.40. The highest BCUT2D eigenvalue weighted by Crippen LogP contribution is 2.26. The molecule has 94 valence electrons. The molecule has 0 radical (unpaired) electrons. The molecule has 2 N–H and O–H groups in total. The van der Waals surface area contributed by atoms with Crippen molar-refractivity contribution in [3.63, 3.8) is 0 Å². The molecule has 1 rings (SSSR count). The molecule has 0 aromatic rings. The second kappa shape index (κ2) is 6.24. The van der Waals surface area contributed by atoms with Crippen LogP contribution in [0.25, 0.3) is 0 Å². The first-order valence-corrected chi connectivity index (χ1v) is 6.50. The molecule has 0 aromatic carbocycles. The van der Waals surface area contributed by atoms with Crippen LogP contribution in [0.1, 0.15) is 52.9 Å². The molecule has 0 aromatic heterocycles. The molecule has 16 heavy (non-hydrogen) atoms. The molecule has 3 nitrogen and oxygen atoms in total. The molecule has 1 saturated carbocycles. The SMILES string of the molecule is CC[C@H](C)[C@H](N)C(=O)OC1CCCC(C)C1. The Morgan fingerprint density at radius 3 is 2.75 bits per heavy atom. The molecular formula is C13H25NO2. The van der Waals surface area contributed by atoms with Gasteiger partial charge in [-0.3, -0.25) is 4.79 Å². The Hall–Kier alpha value is -0.570. The summed E-state index contributed by atoms with van der Waals surface area (Å²) in [6, 6.07) is -0.456. The molecule has 1 fully saturated rings. The summed E-state index contributed by atoms with van der Waals surface area (Å²) < 4.78 is 5.48. The molecule has 4 atom stereocenters. The van der Waals surface area contributed by atoms with Gasteiger partial charge in [-0.2, -0.15) is 0 Å². The van der Waals surface area contributed by atoms with Crippen LogP contribution < -0.4 is 5.73 Å². The average Bonchev–Trinajstić information content (AvgIpc) is 2.27. The van der Waals surface area contributed by atoms with Crippen LogP contribution in [0.5, 0.6) is 0 Å². The lowest BCUT2D eigenvalue weighted by Gasteiger charge is -2.28. The van der Waals surface area contributed by atoms with Crippen molar-refractivity contribution in [2.75, 3.05) is 0 Å². The van der Waals surface area contributed by atoms with Gasteiger partial charge < -0.3 is 10.5 Å². The summed E-state index contributed by atoms with van der Waals surface area (Å²) in [4.78, 5) is 11.8. The smallest absolute Gasteiger partial charge is 0.323 e. The predicted molar refractivity (Wildman–Crippen MR) is 64.9 cm³/mol. The normalized spacial score (nSPS) is 29.5. The largest absolute Gasteiger partial charge is 0.461 e. The topological polar surface area (TPSA) is 52.3 Å². The van der Waals surface area contributed by atoms with Crippen molar-refractivity contribution in [3.05, 3.63) is 0 Å². The van der Waals surface area contributed by atoms with Gasteiger partial charge in [0, 0.05) is 0 Å². The summed E-state index contributed by atoms with van der Waals surface area (Å²) in [5, 5.41) is 0. The van der Waals surface area contributed by atoms with Crippen LogP contribution >= 0.6 is 0 Å². The molecule has 0 aliphatic heterocycles. The van der Waals surface area contributed by atoms with E-state index < -0.39 is 6.04 Å². The first-order chi connectivity index (χ1) is 7.54. The number of hydrogen-bond acceptors (Lipinski definition) is 3. The van der Waals surface area contributed by atoms with Crippen molar-refractivity contribution in [1.29, 1.82) is 0 Å². The van der Waals surface area contributed by atoms with Gasteiger partial charge in [0.25, 0.3) is 0 Å². The van der Waals surface area contributed by atoms with Crippen molar-refractivity contribution < 1.29 is 9.53 Å². The highest BCUT2D eigenvalue weighted by Gasteiger charge is 2.26. The number of ether oxygens (including phenoxy) is 1. The number of nitrogens with two attached hydrogens (primary N) is 1. The number of esters is 1. The van der Waals surface area contributed by atoms with E-state index in [1.807, 2.05) is 13.8 Å². The minimum Gasteiger partial charge on any atom is -0.461 e. The fourth-order valence-corrected chi connectivity index (χ4v) is 2.21. The highest BCUT2D eigenvalue weighted by molar-refractivity contribution is 5.76. The maximum Gasteiger partial charge on any atom is 0.323 e. The molecule has 0 amide bonds.